The molecule has 1 atom stereocenters. The van der Waals surface area contributed by atoms with Crippen LogP contribution in [0.5, 0.6) is 5.75 Å². The molecule has 40 heavy (non-hydrogen) atoms. The number of fused-ring (bicyclic) bond motifs is 2. The van der Waals surface area contributed by atoms with Gasteiger partial charge in [0, 0.05) is 30.2 Å². The zero-order chi connectivity index (χ0) is 28.1. The van der Waals surface area contributed by atoms with E-state index in [1.165, 1.54) is 11.6 Å². The van der Waals surface area contributed by atoms with Crippen LogP contribution < -0.4 is 15.4 Å². The largest absolute Gasteiger partial charge is 0.491 e. The Labute approximate surface area is 236 Å². The van der Waals surface area contributed by atoms with E-state index < -0.39 is 0 Å². The summed E-state index contributed by atoms with van der Waals surface area (Å²) in [6.45, 7) is 4.68. The van der Waals surface area contributed by atoms with Crippen molar-refractivity contribution in [1.29, 1.82) is 0 Å². The average Bonchev–Trinajstić information content (AvgIpc) is 3.23. The van der Waals surface area contributed by atoms with Gasteiger partial charge in [0.2, 0.25) is 11.8 Å². The fourth-order valence-electron chi connectivity index (χ4n) is 6.39. The molecular weight excluding hydrogens is 507 g/mol. The molecule has 2 aliphatic heterocycles. The number of rotatable bonds is 5. The van der Waals surface area contributed by atoms with E-state index in [9.17, 15) is 14.0 Å². The maximum atomic E-state index is 13.8. The lowest BCUT2D eigenvalue weighted by Gasteiger charge is -2.41. The summed E-state index contributed by atoms with van der Waals surface area (Å²) in [7, 11) is 1.95. The molecule has 7 nitrogen and oxygen atoms in total. The third-order valence-corrected chi connectivity index (χ3v) is 8.60. The Morgan fingerprint density at radius 2 is 1.95 bits per heavy atom. The summed E-state index contributed by atoms with van der Waals surface area (Å²) in [5.41, 5.74) is 2.84. The van der Waals surface area contributed by atoms with Gasteiger partial charge < -0.3 is 19.9 Å². The van der Waals surface area contributed by atoms with Crippen LogP contribution in [0.4, 0.5) is 4.39 Å². The fourth-order valence-corrected chi connectivity index (χ4v) is 6.39. The molecule has 0 bridgehead atoms. The van der Waals surface area contributed by atoms with Crippen molar-refractivity contribution in [3.63, 3.8) is 0 Å². The summed E-state index contributed by atoms with van der Waals surface area (Å²) in [6, 6.07) is 12.9. The van der Waals surface area contributed by atoms with E-state index in [0.29, 0.717) is 26.1 Å². The fraction of sp³-hybridized carbons (Fsp3) is 0.500. The highest BCUT2D eigenvalue weighted by molar-refractivity contribution is 5.84. The molecule has 1 spiro atoms. The van der Waals surface area contributed by atoms with Gasteiger partial charge in [0.15, 0.2) is 0 Å². The van der Waals surface area contributed by atoms with Gasteiger partial charge in [-0.25, -0.2) is 4.39 Å². The molecule has 214 valence electrons. The van der Waals surface area contributed by atoms with E-state index in [1.54, 1.807) is 12.1 Å². The molecule has 5 rings (SSSR count). The summed E-state index contributed by atoms with van der Waals surface area (Å²) >= 11 is 0. The van der Waals surface area contributed by atoms with Crippen LogP contribution in [0.2, 0.25) is 0 Å². The summed E-state index contributed by atoms with van der Waals surface area (Å²) in [5, 5.41) is 7.13. The summed E-state index contributed by atoms with van der Waals surface area (Å²) < 4.78 is 21.8. The first-order valence-corrected chi connectivity index (χ1v) is 14.6. The Morgan fingerprint density at radius 1 is 1.15 bits per heavy atom. The molecular formula is C32H41FN4O3. The number of aryl methyl sites for hydroxylation is 2. The van der Waals surface area contributed by atoms with E-state index in [4.69, 9.17) is 4.74 Å². The minimum atomic E-state index is -0.386. The Hall–Kier alpha value is -3.39. The number of carbonyl (C=O) groups excluding carboxylic acids is 2. The summed E-state index contributed by atoms with van der Waals surface area (Å²) in [6.07, 6.45) is 7.96. The van der Waals surface area contributed by atoms with Crippen molar-refractivity contribution in [1.82, 2.24) is 20.1 Å². The Morgan fingerprint density at radius 3 is 2.77 bits per heavy atom. The molecule has 0 aliphatic carbocycles. The standard InChI is InChI=1S/C32H41FN4O3/c1-23(19-25-21-36(2)28-11-10-26(33)20-27(25)28)35-30(38)22-37-16-13-32(14-17-37)12-6-5-8-24-7-3-4-9-29(24)40-18-15-34-31(32)39/h3-4,7,9-11,20-21,23H,5-6,8,12-19,22H2,1-2H3,(H,34,39)(H,35,38). The number of hydrogen-bond acceptors (Lipinski definition) is 4. The second kappa shape index (κ2) is 12.4. The molecule has 2 N–H and O–H groups in total. The third-order valence-electron chi connectivity index (χ3n) is 8.60. The van der Waals surface area contributed by atoms with E-state index in [0.717, 1.165) is 73.8 Å². The number of carbonyl (C=O) groups is 2. The number of para-hydroxylation sites is 1. The monoisotopic (exact) mass is 548 g/mol. The van der Waals surface area contributed by atoms with Gasteiger partial charge in [0.05, 0.1) is 18.5 Å². The molecule has 1 saturated heterocycles. The van der Waals surface area contributed by atoms with Crippen LogP contribution in [0.1, 0.15) is 50.2 Å². The number of ether oxygens (including phenoxy) is 1. The van der Waals surface area contributed by atoms with Gasteiger partial charge in [0.1, 0.15) is 18.2 Å². The zero-order valence-corrected chi connectivity index (χ0v) is 23.7. The first-order valence-electron chi connectivity index (χ1n) is 14.6. The first-order chi connectivity index (χ1) is 19.3. The number of piperidine rings is 1. The van der Waals surface area contributed by atoms with Crippen LogP contribution in [-0.2, 0) is 29.5 Å². The van der Waals surface area contributed by atoms with Crippen molar-refractivity contribution >= 4 is 22.7 Å². The van der Waals surface area contributed by atoms with Crippen LogP contribution >= 0.6 is 0 Å². The Balaban J connectivity index is 1.13. The maximum absolute atomic E-state index is 13.8. The number of benzene rings is 2. The summed E-state index contributed by atoms with van der Waals surface area (Å²) in [4.78, 5) is 28.4. The van der Waals surface area contributed by atoms with Gasteiger partial charge in [-0.15, -0.1) is 0 Å². The number of likely N-dealkylation sites (tertiary alicyclic amines) is 1. The molecule has 2 aliphatic rings. The molecule has 3 aromatic rings. The van der Waals surface area contributed by atoms with Gasteiger partial charge in [-0.05, 0) is 93.9 Å². The van der Waals surface area contributed by atoms with Crippen LogP contribution in [0.3, 0.4) is 0 Å². The van der Waals surface area contributed by atoms with Gasteiger partial charge in [0.25, 0.3) is 0 Å². The molecule has 8 heteroatoms. The first kappa shape index (κ1) is 28.1. The number of hydrogen-bond donors (Lipinski definition) is 2. The second-order valence-electron chi connectivity index (χ2n) is 11.6. The van der Waals surface area contributed by atoms with Crippen molar-refractivity contribution in [3.05, 3.63) is 65.6 Å². The van der Waals surface area contributed by atoms with Crippen LogP contribution in [0, 0.1) is 11.2 Å². The minimum absolute atomic E-state index is 0.0196. The topological polar surface area (TPSA) is 75.6 Å². The van der Waals surface area contributed by atoms with Crippen molar-refractivity contribution in [3.8, 4) is 5.75 Å². The molecule has 2 amide bonds. The van der Waals surface area contributed by atoms with Crippen LogP contribution in [-0.4, -0.2) is 60.1 Å². The third kappa shape index (κ3) is 6.49. The number of nitrogens with one attached hydrogen (secondary N) is 2. The van der Waals surface area contributed by atoms with E-state index >= 15 is 0 Å². The molecule has 3 heterocycles. The van der Waals surface area contributed by atoms with Crippen molar-refractivity contribution in [2.75, 3.05) is 32.8 Å². The van der Waals surface area contributed by atoms with Crippen molar-refractivity contribution in [2.45, 2.75) is 57.9 Å². The molecule has 2 aromatic carbocycles. The van der Waals surface area contributed by atoms with E-state index in [1.807, 2.05) is 36.9 Å². The smallest absolute Gasteiger partial charge is 0.234 e. The highest BCUT2D eigenvalue weighted by Gasteiger charge is 2.41. The van der Waals surface area contributed by atoms with E-state index in [2.05, 4.69) is 27.7 Å². The number of nitrogens with zero attached hydrogens (tertiary/aromatic N) is 2. The van der Waals surface area contributed by atoms with Crippen LogP contribution in [0.25, 0.3) is 10.9 Å². The Kier molecular flexibility index (Phi) is 8.74. The molecule has 1 fully saturated rings. The predicted octanol–water partition coefficient (Wildman–Crippen LogP) is 4.37. The zero-order valence-electron chi connectivity index (χ0n) is 23.7. The van der Waals surface area contributed by atoms with Crippen molar-refractivity contribution in [2.24, 2.45) is 12.5 Å². The summed E-state index contributed by atoms with van der Waals surface area (Å²) in [5.74, 6) is 0.760. The highest BCUT2D eigenvalue weighted by Crippen LogP contribution is 2.37. The lowest BCUT2D eigenvalue weighted by Crippen LogP contribution is -2.51. The van der Waals surface area contributed by atoms with Gasteiger partial charge in [-0.3, -0.25) is 14.5 Å². The highest BCUT2D eigenvalue weighted by atomic mass is 19.1. The van der Waals surface area contributed by atoms with E-state index in [-0.39, 0.29) is 29.1 Å². The number of halogens is 1. The lowest BCUT2D eigenvalue weighted by atomic mass is 9.73. The van der Waals surface area contributed by atoms with Crippen LogP contribution in [0.15, 0.2) is 48.7 Å². The molecule has 0 radical (unpaired) electrons. The molecule has 1 aromatic heterocycles. The van der Waals surface area contributed by atoms with Gasteiger partial charge >= 0.3 is 0 Å². The predicted molar refractivity (Wildman–Crippen MR) is 155 cm³/mol. The second-order valence-corrected chi connectivity index (χ2v) is 11.6. The SMILES string of the molecule is CC(Cc1cn(C)c2ccc(F)cc12)NC(=O)CN1CCC2(CCCCc3ccccc3OCCNC2=O)CC1. The maximum Gasteiger partial charge on any atom is 0.234 e. The Bertz CT molecular complexity index is 1350. The quantitative estimate of drug-likeness (QED) is 0.497. The van der Waals surface area contributed by atoms with Crippen molar-refractivity contribution < 1.29 is 18.7 Å². The average molecular weight is 549 g/mol. The number of amides is 2. The molecule has 1 unspecified atom stereocenters. The normalized spacial score (nSPS) is 19.1. The van der Waals surface area contributed by atoms with Gasteiger partial charge in [-0.2, -0.15) is 0 Å². The number of aromatic nitrogens is 1. The lowest BCUT2D eigenvalue weighted by molar-refractivity contribution is -0.135. The molecule has 0 saturated carbocycles. The minimum Gasteiger partial charge on any atom is -0.491 e. The van der Waals surface area contributed by atoms with Gasteiger partial charge in [-0.1, -0.05) is 24.6 Å².